The van der Waals surface area contributed by atoms with E-state index in [1.807, 2.05) is 21.1 Å². The van der Waals surface area contributed by atoms with Crippen molar-refractivity contribution < 1.29 is 42.1 Å². The van der Waals surface area contributed by atoms with Gasteiger partial charge in [0.25, 0.3) is 0 Å². The number of allylic oxidation sites excluding steroid dienone is 14. The summed E-state index contributed by atoms with van der Waals surface area (Å²) in [5.41, 5.74) is 0. The summed E-state index contributed by atoms with van der Waals surface area (Å²) in [6.45, 7) is 4.27. The number of hydrogen-bond acceptors (Lipinski definition) is 7. The van der Waals surface area contributed by atoms with Gasteiger partial charge in [-0.15, -0.1) is 0 Å². The van der Waals surface area contributed by atoms with E-state index in [1.165, 1.54) is 83.5 Å². The highest BCUT2D eigenvalue weighted by atomic mass is 31.2. The highest BCUT2D eigenvalue weighted by Crippen LogP contribution is 2.43. The minimum Gasteiger partial charge on any atom is -0.462 e. The van der Waals surface area contributed by atoms with Gasteiger partial charge >= 0.3 is 19.8 Å². The van der Waals surface area contributed by atoms with Crippen molar-refractivity contribution in [1.29, 1.82) is 0 Å². The summed E-state index contributed by atoms with van der Waals surface area (Å²) >= 11 is 0. The molecular weight excluding hydrogens is 846 g/mol. The van der Waals surface area contributed by atoms with E-state index in [1.54, 1.807) is 0 Å². The standard InChI is InChI=1S/C56H98NO8P/c1-6-8-10-12-14-16-18-20-22-24-26-28-30-32-34-36-38-40-42-44-46-48-55(58)62-52-54(53-64-66(60,61)63-51-50-57(3,4)5)65-56(59)49-47-45-43-41-39-37-35-33-31-29-27-25-23-21-19-17-15-13-11-9-7-2/h9,11,15,17-18,20-21,23-24,26-27,29,33,35,54H,6-8,10,12-14,16,19,22,25,28,30-32,34,36-53H2,1-5H3/p+1/b11-9-,17-15-,20-18-,23-21-,26-24-,29-27-,35-33-. The minimum absolute atomic E-state index is 0.0225. The van der Waals surface area contributed by atoms with E-state index in [0.717, 1.165) is 89.9 Å². The topological polar surface area (TPSA) is 108 Å². The number of unbranched alkanes of at least 4 members (excludes halogenated alkanes) is 19. The van der Waals surface area contributed by atoms with Gasteiger partial charge in [0.2, 0.25) is 0 Å². The first-order valence-electron chi connectivity index (χ1n) is 26.3. The Morgan fingerprint density at radius 3 is 1.29 bits per heavy atom. The lowest BCUT2D eigenvalue weighted by molar-refractivity contribution is -0.870. The number of phosphoric ester groups is 1. The van der Waals surface area contributed by atoms with Crippen molar-refractivity contribution in [2.24, 2.45) is 0 Å². The van der Waals surface area contributed by atoms with Crippen LogP contribution in [0.15, 0.2) is 85.1 Å². The molecule has 0 aliphatic carbocycles. The van der Waals surface area contributed by atoms with Crippen LogP contribution in [0, 0.1) is 0 Å². The number of quaternary nitrogens is 1. The van der Waals surface area contributed by atoms with Crippen LogP contribution in [0.25, 0.3) is 0 Å². The Morgan fingerprint density at radius 2 is 0.864 bits per heavy atom. The first-order valence-corrected chi connectivity index (χ1v) is 27.8. The summed E-state index contributed by atoms with van der Waals surface area (Å²) in [7, 11) is 1.45. The number of rotatable bonds is 47. The van der Waals surface area contributed by atoms with E-state index < -0.39 is 26.5 Å². The fourth-order valence-electron chi connectivity index (χ4n) is 6.84. The van der Waals surface area contributed by atoms with Crippen molar-refractivity contribution in [2.45, 2.75) is 213 Å². The monoisotopic (exact) mass is 945 g/mol. The molecule has 0 saturated carbocycles. The molecule has 9 nitrogen and oxygen atoms in total. The maximum atomic E-state index is 12.8. The van der Waals surface area contributed by atoms with Crippen LogP contribution in [-0.4, -0.2) is 74.9 Å². The third-order valence-corrected chi connectivity index (χ3v) is 11.9. The van der Waals surface area contributed by atoms with E-state index in [2.05, 4.69) is 98.9 Å². The van der Waals surface area contributed by atoms with E-state index >= 15 is 0 Å². The van der Waals surface area contributed by atoms with Crippen LogP contribution in [0.4, 0.5) is 0 Å². The molecule has 0 aliphatic rings. The second kappa shape index (κ2) is 47.3. The van der Waals surface area contributed by atoms with Gasteiger partial charge in [-0.05, 0) is 89.9 Å². The Bertz CT molecular complexity index is 1390. The van der Waals surface area contributed by atoms with Crippen LogP contribution in [0.5, 0.6) is 0 Å². The molecule has 2 unspecified atom stereocenters. The van der Waals surface area contributed by atoms with Crippen LogP contribution in [-0.2, 0) is 32.7 Å². The maximum Gasteiger partial charge on any atom is 0.472 e. The summed E-state index contributed by atoms with van der Waals surface area (Å²) in [6, 6.07) is 0. The molecule has 0 radical (unpaired) electrons. The second-order valence-electron chi connectivity index (χ2n) is 18.5. The van der Waals surface area contributed by atoms with Gasteiger partial charge in [-0.2, -0.15) is 0 Å². The Hall–Kier alpha value is -2.81. The lowest BCUT2D eigenvalue weighted by Crippen LogP contribution is -2.37. The number of ether oxygens (including phenoxy) is 2. The Labute approximate surface area is 405 Å². The zero-order chi connectivity index (χ0) is 48.5. The highest BCUT2D eigenvalue weighted by Gasteiger charge is 2.27. The van der Waals surface area contributed by atoms with E-state index in [4.69, 9.17) is 18.5 Å². The van der Waals surface area contributed by atoms with Gasteiger partial charge in [0, 0.05) is 12.8 Å². The Morgan fingerprint density at radius 1 is 0.485 bits per heavy atom. The van der Waals surface area contributed by atoms with Gasteiger partial charge in [-0.3, -0.25) is 18.6 Å². The molecule has 0 spiro atoms. The molecule has 0 rings (SSSR count). The third kappa shape index (κ3) is 50.6. The van der Waals surface area contributed by atoms with Gasteiger partial charge in [-0.1, -0.05) is 189 Å². The molecule has 2 atom stereocenters. The van der Waals surface area contributed by atoms with Crippen molar-refractivity contribution in [2.75, 3.05) is 47.5 Å². The summed E-state index contributed by atoms with van der Waals surface area (Å²) in [6.07, 6.45) is 62.0. The van der Waals surface area contributed by atoms with E-state index in [-0.39, 0.29) is 32.0 Å². The first kappa shape index (κ1) is 63.2. The van der Waals surface area contributed by atoms with Crippen LogP contribution in [0.1, 0.15) is 206 Å². The molecule has 0 saturated heterocycles. The number of carbonyl (C=O) groups excluding carboxylic acids is 2. The normalized spacial score (nSPS) is 14.1. The quantitative estimate of drug-likeness (QED) is 0.0211. The molecule has 0 aromatic carbocycles. The maximum absolute atomic E-state index is 12.8. The molecular formula is C56H99NO8P+. The fraction of sp³-hybridized carbons (Fsp3) is 0.714. The number of esters is 2. The Balaban J connectivity index is 4.31. The van der Waals surface area contributed by atoms with Crippen molar-refractivity contribution in [3.05, 3.63) is 85.1 Å². The van der Waals surface area contributed by atoms with Gasteiger partial charge in [-0.25, -0.2) is 4.57 Å². The smallest absolute Gasteiger partial charge is 0.462 e. The Kier molecular flexibility index (Phi) is 45.3. The fourth-order valence-corrected chi connectivity index (χ4v) is 7.58. The van der Waals surface area contributed by atoms with Gasteiger partial charge in [0.15, 0.2) is 6.10 Å². The molecule has 0 aliphatic heterocycles. The van der Waals surface area contributed by atoms with Crippen molar-refractivity contribution in [3.8, 4) is 0 Å². The third-order valence-electron chi connectivity index (χ3n) is 10.9. The molecule has 10 heteroatoms. The summed E-state index contributed by atoms with van der Waals surface area (Å²) < 4.78 is 34.5. The molecule has 0 bridgehead atoms. The SMILES string of the molecule is CC/C=C\C/C=C\C/C=C\C/C=C\C/C=C\CCCCCCCC(=O)OC(COC(=O)CCCCCCCCCCC/C=C\C/C=C\CCCCCCC)COP(=O)(O)OCC[N+](C)(C)C. The molecule has 0 fully saturated rings. The van der Waals surface area contributed by atoms with Gasteiger partial charge < -0.3 is 18.9 Å². The number of hydrogen-bond donors (Lipinski definition) is 1. The van der Waals surface area contributed by atoms with Crippen LogP contribution in [0.3, 0.4) is 0 Å². The predicted molar refractivity (Wildman–Crippen MR) is 279 cm³/mol. The number of carbonyl (C=O) groups is 2. The average Bonchev–Trinajstić information content (AvgIpc) is 3.27. The van der Waals surface area contributed by atoms with Crippen LogP contribution in [0.2, 0.25) is 0 Å². The molecule has 0 aromatic heterocycles. The number of phosphoric acid groups is 1. The van der Waals surface area contributed by atoms with Crippen molar-refractivity contribution in [3.63, 3.8) is 0 Å². The minimum atomic E-state index is -4.39. The summed E-state index contributed by atoms with van der Waals surface area (Å²) in [5.74, 6) is -0.828. The zero-order valence-corrected chi connectivity index (χ0v) is 43.8. The summed E-state index contributed by atoms with van der Waals surface area (Å²) in [4.78, 5) is 35.6. The first-order chi connectivity index (χ1) is 32.0. The van der Waals surface area contributed by atoms with E-state index in [9.17, 15) is 19.0 Å². The van der Waals surface area contributed by atoms with Gasteiger partial charge in [0.05, 0.1) is 27.7 Å². The molecule has 0 aromatic rings. The predicted octanol–water partition coefficient (Wildman–Crippen LogP) is 15.9. The number of nitrogens with zero attached hydrogens (tertiary/aromatic N) is 1. The zero-order valence-electron chi connectivity index (χ0n) is 42.9. The highest BCUT2D eigenvalue weighted by molar-refractivity contribution is 7.47. The van der Waals surface area contributed by atoms with E-state index in [0.29, 0.717) is 17.4 Å². The molecule has 1 N–H and O–H groups in total. The second-order valence-corrected chi connectivity index (χ2v) is 20.0. The molecule has 380 valence electrons. The molecule has 66 heavy (non-hydrogen) atoms. The van der Waals surface area contributed by atoms with Crippen molar-refractivity contribution in [1.82, 2.24) is 0 Å². The lowest BCUT2D eigenvalue weighted by atomic mass is 10.1. The summed E-state index contributed by atoms with van der Waals surface area (Å²) in [5, 5.41) is 0. The molecule has 0 heterocycles. The lowest BCUT2D eigenvalue weighted by Gasteiger charge is -2.24. The van der Waals surface area contributed by atoms with Crippen LogP contribution < -0.4 is 0 Å². The number of likely N-dealkylation sites (N-methyl/N-ethyl adjacent to an activating group) is 1. The largest absolute Gasteiger partial charge is 0.472 e. The van der Waals surface area contributed by atoms with Crippen molar-refractivity contribution >= 4 is 19.8 Å². The van der Waals surface area contributed by atoms with Gasteiger partial charge in [0.1, 0.15) is 19.8 Å². The molecule has 0 amide bonds. The van der Waals surface area contributed by atoms with Crippen LogP contribution >= 0.6 is 7.82 Å². The average molecular weight is 945 g/mol.